The van der Waals surface area contributed by atoms with E-state index in [2.05, 4.69) is 18.7 Å². The molecule has 0 aliphatic carbocycles. The molecule has 0 fully saturated rings. The fourth-order valence-electron chi connectivity index (χ4n) is 1.98. The lowest BCUT2D eigenvalue weighted by Crippen LogP contribution is -2.21. The summed E-state index contributed by atoms with van der Waals surface area (Å²) in [6.07, 6.45) is 1.33. The summed E-state index contributed by atoms with van der Waals surface area (Å²) < 4.78 is 5.06. The fourth-order valence-corrected chi connectivity index (χ4v) is 1.98. The molecule has 1 rings (SSSR count). The minimum absolute atomic E-state index is 0.0143. The third-order valence-corrected chi connectivity index (χ3v) is 2.99. The van der Waals surface area contributed by atoms with E-state index in [1.807, 2.05) is 30.3 Å². The second-order valence-corrected chi connectivity index (χ2v) is 4.89. The van der Waals surface area contributed by atoms with Crippen molar-refractivity contribution in [3.8, 4) is 6.07 Å². The van der Waals surface area contributed by atoms with Crippen molar-refractivity contribution in [3.05, 3.63) is 35.4 Å². The molecule has 112 valence electrons. The number of carbonyl (C=O) groups excluding carboxylic acids is 1. The molecular weight excluding hydrogens is 264 g/mol. The molecule has 0 N–H and O–H groups in total. The molecule has 1 aromatic rings. The predicted molar refractivity (Wildman–Crippen MR) is 84.8 cm³/mol. The molecule has 4 heteroatoms. The van der Waals surface area contributed by atoms with Gasteiger partial charge in [-0.25, -0.2) is 4.79 Å². The first-order chi connectivity index (χ1) is 10.0. The van der Waals surface area contributed by atoms with E-state index >= 15 is 0 Å². The van der Waals surface area contributed by atoms with E-state index in [-0.39, 0.29) is 11.7 Å². The minimum atomic E-state index is -0.583. The van der Waals surface area contributed by atoms with Crippen molar-refractivity contribution in [3.63, 3.8) is 0 Å². The number of benzene rings is 1. The van der Waals surface area contributed by atoms with Crippen molar-refractivity contribution in [1.82, 2.24) is 0 Å². The van der Waals surface area contributed by atoms with Crippen LogP contribution in [0.3, 0.4) is 0 Å². The Balaban J connectivity index is 3.04. The zero-order valence-electron chi connectivity index (χ0n) is 13.1. The van der Waals surface area contributed by atoms with Gasteiger partial charge in [0.1, 0.15) is 11.6 Å². The zero-order valence-corrected chi connectivity index (χ0v) is 13.1. The van der Waals surface area contributed by atoms with Gasteiger partial charge in [-0.15, -0.1) is 0 Å². The van der Waals surface area contributed by atoms with E-state index < -0.39 is 5.97 Å². The molecule has 0 saturated heterocycles. The van der Waals surface area contributed by atoms with Crippen LogP contribution in [0, 0.1) is 11.3 Å². The van der Waals surface area contributed by atoms with Gasteiger partial charge in [0.05, 0.1) is 6.10 Å². The standard InChI is InChI=1S/C17H22N2O2/c1-5-19(6-2)16-9-7-8-14(11-16)10-15(12-18)17(20)21-13(3)4/h7-11,13H,5-6H2,1-4H3. The Labute approximate surface area is 126 Å². The van der Waals surface area contributed by atoms with Gasteiger partial charge in [-0.05, 0) is 51.5 Å². The molecule has 0 heterocycles. The monoisotopic (exact) mass is 286 g/mol. The molecule has 0 aliphatic heterocycles. The van der Waals surface area contributed by atoms with Crippen LogP contribution in [-0.2, 0) is 9.53 Å². The first-order valence-corrected chi connectivity index (χ1v) is 7.19. The van der Waals surface area contributed by atoms with E-state index in [0.29, 0.717) is 0 Å². The fraction of sp³-hybridized carbons (Fsp3) is 0.412. The number of anilines is 1. The maximum atomic E-state index is 11.8. The second-order valence-electron chi connectivity index (χ2n) is 4.89. The van der Waals surface area contributed by atoms with E-state index in [1.54, 1.807) is 19.9 Å². The Kier molecular flexibility index (Phi) is 6.48. The van der Waals surface area contributed by atoms with Crippen LogP contribution < -0.4 is 4.90 Å². The Hall–Kier alpha value is -2.28. The number of esters is 1. The number of hydrogen-bond acceptors (Lipinski definition) is 4. The molecule has 0 amide bonds. The lowest BCUT2D eigenvalue weighted by molar-refractivity contribution is -0.142. The van der Waals surface area contributed by atoms with Gasteiger partial charge in [0.25, 0.3) is 0 Å². The maximum absolute atomic E-state index is 11.8. The van der Waals surface area contributed by atoms with Crippen molar-refractivity contribution in [2.24, 2.45) is 0 Å². The molecule has 0 aliphatic rings. The summed E-state index contributed by atoms with van der Waals surface area (Å²) >= 11 is 0. The summed E-state index contributed by atoms with van der Waals surface area (Å²) in [5.41, 5.74) is 1.90. The smallest absolute Gasteiger partial charge is 0.349 e. The molecule has 0 spiro atoms. The molecule has 1 aromatic carbocycles. The van der Waals surface area contributed by atoms with Crippen LogP contribution in [0.2, 0.25) is 0 Å². The summed E-state index contributed by atoms with van der Waals surface area (Å²) in [5.74, 6) is -0.583. The van der Waals surface area contributed by atoms with Crippen molar-refractivity contribution >= 4 is 17.7 Å². The second kappa shape index (κ2) is 8.11. The van der Waals surface area contributed by atoms with Crippen LogP contribution in [-0.4, -0.2) is 25.2 Å². The third-order valence-electron chi connectivity index (χ3n) is 2.99. The summed E-state index contributed by atoms with van der Waals surface area (Å²) in [7, 11) is 0. The molecule has 0 radical (unpaired) electrons. The Bertz CT molecular complexity index is 552. The lowest BCUT2D eigenvalue weighted by atomic mass is 10.1. The summed E-state index contributed by atoms with van der Waals surface area (Å²) in [5, 5.41) is 9.11. The van der Waals surface area contributed by atoms with Crippen molar-refractivity contribution < 1.29 is 9.53 Å². The summed E-state index contributed by atoms with van der Waals surface area (Å²) in [6, 6.07) is 9.67. The molecule has 0 atom stereocenters. The molecule has 0 aromatic heterocycles. The van der Waals surface area contributed by atoms with Gasteiger partial charge in [0.2, 0.25) is 0 Å². The SMILES string of the molecule is CCN(CC)c1cccc(C=C(C#N)C(=O)OC(C)C)c1. The lowest BCUT2D eigenvalue weighted by Gasteiger charge is -2.21. The van der Waals surface area contributed by atoms with Gasteiger partial charge < -0.3 is 9.64 Å². The molecule has 0 unspecified atom stereocenters. The average Bonchev–Trinajstić information content (AvgIpc) is 2.45. The van der Waals surface area contributed by atoms with Crippen molar-refractivity contribution in [1.29, 1.82) is 5.26 Å². The first kappa shape index (κ1) is 16.8. The van der Waals surface area contributed by atoms with Crippen molar-refractivity contribution in [2.75, 3.05) is 18.0 Å². The van der Waals surface area contributed by atoms with Crippen LogP contribution in [0.15, 0.2) is 29.8 Å². The summed E-state index contributed by atoms with van der Waals surface area (Å²) in [4.78, 5) is 14.0. The van der Waals surface area contributed by atoms with Gasteiger partial charge >= 0.3 is 5.97 Å². The van der Waals surface area contributed by atoms with Gasteiger partial charge in [-0.1, -0.05) is 12.1 Å². The average molecular weight is 286 g/mol. The Morgan fingerprint density at radius 1 is 1.38 bits per heavy atom. The topological polar surface area (TPSA) is 53.3 Å². The molecule has 21 heavy (non-hydrogen) atoms. The highest BCUT2D eigenvalue weighted by molar-refractivity contribution is 5.98. The largest absolute Gasteiger partial charge is 0.459 e. The van der Waals surface area contributed by atoms with Crippen LogP contribution >= 0.6 is 0 Å². The maximum Gasteiger partial charge on any atom is 0.349 e. The first-order valence-electron chi connectivity index (χ1n) is 7.19. The summed E-state index contributed by atoms with van der Waals surface area (Å²) in [6.45, 7) is 9.51. The van der Waals surface area contributed by atoms with Gasteiger partial charge in [0, 0.05) is 18.8 Å². The quantitative estimate of drug-likeness (QED) is 0.457. The van der Waals surface area contributed by atoms with Gasteiger partial charge in [0.15, 0.2) is 0 Å². The van der Waals surface area contributed by atoms with Crippen LogP contribution in [0.4, 0.5) is 5.69 Å². The number of ether oxygens (including phenoxy) is 1. The normalized spacial score (nSPS) is 11.1. The van der Waals surface area contributed by atoms with Gasteiger partial charge in [-0.3, -0.25) is 0 Å². The number of rotatable bonds is 6. The van der Waals surface area contributed by atoms with Crippen LogP contribution in [0.1, 0.15) is 33.3 Å². The molecular formula is C17H22N2O2. The van der Waals surface area contributed by atoms with Crippen LogP contribution in [0.5, 0.6) is 0 Å². The number of nitriles is 1. The highest BCUT2D eigenvalue weighted by Crippen LogP contribution is 2.18. The molecule has 4 nitrogen and oxygen atoms in total. The highest BCUT2D eigenvalue weighted by atomic mass is 16.5. The third kappa shape index (κ3) is 4.96. The number of carbonyl (C=O) groups is 1. The number of nitrogens with zero attached hydrogens (tertiary/aromatic N) is 2. The van der Waals surface area contributed by atoms with Gasteiger partial charge in [-0.2, -0.15) is 5.26 Å². The zero-order chi connectivity index (χ0) is 15.8. The van der Waals surface area contributed by atoms with Crippen molar-refractivity contribution in [2.45, 2.75) is 33.8 Å². The van der Waals surface area contributed by atoms with E-state index in [4.69, 9.17) is 10.00 Å². The van der Waals surface area contributed by atoms with Crippen LogP contribution in [0.25, 0.3) is 6.08 Å². The Morgan fingerprint density at radius 3 is 2.57 bits per heavy atom. The van der Waals surface area contributed by atoms with E-state index in [0.717, 1.165) is 24.3 Å². The Morgan fingerprint density at radius 2 is 2.05 bits per heavy atom. The predicted octanol–water partition coefficient (Wildman–Crippen LogP) is 3.39. The molecule has 0 bridgehead atoms. The van der Waals surface area contributed by atoms with E-state index in [9.17, 15) is 4.79 Å². The molecule has 0 saturated carbocycles. The van der Waals surface area contributed by atoms with E-state index in [1.165, 1.54) is 0 Å². The highest BCUT2D eigenvalue weighted by Gasteiger charge is 2.12. The minimum Gasteiger partial charge on any atom is -0.459 e. The number of hydrogen-bond donors (Lipinski definition) is 0.